The van der Waals surface area contributed by atoms with Crippen LogP contribution in [0.25, 0.3) is 0 Å². The number of nitrogens with zero attached hydrogens (tertiary/aromatic N) is 1. The number of halogens is 1. The minimum atomic E-state index is 0. The first-order valence-corrected chi connectivity index (χ1v) is 12.5. The van der Waals surface area contributed by atoms with E-state index in [0.717, 1.165) is 39.0 Å². The zero-order valence-corrected chi connectivity index (χ0v) is 21.7. The Morgan fingerprint density at radius 2 is 1.74 bits per heavy atom. The van der Waals surface area contributed by atoms with E-state index < -0.39 is 0 Å². The quantitative estimate of drug-likeness (QED) is 0.410. The molecule has 0 aromatic heterocycles. The molecular formula is C28H39ClN2O4. The molecule has 1 amide bonds. The molecule has 0 bridgehead atoms. The van der Waals surface area contributed by atoms with Gasteiger partial charge >= 0.3 is 0 Å². The predicted molar refractivity (Wildman–Crippen MR) is 141 cm³/mol. The summed E-state index contributed by atoms with van der Waals surface area (Å²) in [6.45, 7) is 4.74. The molecule has 2 aliphatic rings. The van der Waals surface area contributed by atoms with Crippen LogP contribution >= 0.6 is 12.4 Å². The molecule has 2 fully saturated rings. The Morgan fingerprint density at radius 3 is 2.46 bits per heavy atom. The average molecular weight is 503 g/mol. The van der Waals surface area contributed by atoms with Gasteiger partial charge in [-0.05, 0) is 73.9 Å². The first kappa shape index (κ1) is 27.3. The van der Waals surface area contributed by atoms with Crippen molar-refractivity contribution in [3.63, 3.8) is 0 Å². The minimum absolute atomic E-state index is 0. The van der Waals surface area contributed by atoms with Crippen molar-refractivity contribution >= 4 is 18.3 Å². The van der Waals surface area contributed by atoms with Gasteiger partial charge in [0.2, 0.25) is 0 Å². The first-order valence-electron chi connectivity index (χ1n) is 12.5. The molecule has 1 N–H and O–H groups in total. The van der Waals surface area contributed by atoms with Crippen molar-refractivity contribution in [1.29, 1.82) is 0 Å². The molecule has 192 valence electrons. The van der Waals surface area contributed by atoms with Crippen LogP contribution in [0.4, 0.5) is 0 Å². The summed E-state index contributed by atoms with van der Waals surface area (Å²) in [5, 5.41) is 3.57. The number of carbonyl (C=O) groups excluding carboxylic acids is 1. The second kappa shape index (κ2) is 13.7. The Hall–Kier alpha value is -2.28. The maximum Gasteiger partial charge on any atom is 0.254 e. The third kappa shape index (κ3) is 7.86. The number of hydrogen-bond acceptors (Lipinski definition) is 5. The second-order valence-electron chi connectivity index (χ2n) is 9.58. The van der Waals surface area contributed by atoms with Crippen molar-refractivity contribution in [1.82, 2.24) is 10.2 Å². The van der Waals surface area contributed by atoms with Crippen LogP contribution in [0.1, 0.15) is 35.2 Å². The van der Waals surface area contributed by atoms with Crippen molar-refractivity contribution in [2.75, 3.05) is 53.6 Å². The fourth-order valence-electron chi connectivity index (χ4n) is 4.78. The first-order chi connectivity index (χ1) is 16.7. The predicted octanol–water partition coefficient (Wildman–Crippen LogP) is 4.46. The number of nitrogens with one attached hydrogen (secondary N) is 1. The summed E-state index contributed by atoms with van der Waals surface area (Å²) in [5.41, 5.74) is 2.03. The fraction of sp³-hybridized carbons (Fsp3) is 0.536. The zero-order valence-electron chi connectivity index (χ0n) is 20.9. The normalized spacial score (nSPS) is 19.1. The molecule has 2 aromatic carbocycles. The molecule has 1 aliphatic carbocycles. The molecular weight excluding hydrogens is 464 g/mol. The Kier molecular flexibility index (Phi) is 10.7. The van der Waals surface area contributed by atoms with E-state index in [1.165, 1.54) is 18.4 Å². The van der Waals surface area contributed by atoms with Gasteiger partial charge in [0.15, 0.2) is 11.5 Å². The largest absolute Gasteiger partial charge is 0.493 e. The van der Waals surface area contributed by atoms with Gasteiger partial charge in [0.05, 0.1) is 13.7 Å². The van der Waals surface area contributed by atoms with Gasteiger partial charge in [-0.15, -0.1) is 12.4 Å². The van der Waals surface area contributed by atoms with E-state index >= 15 is 0 Å². The highest BCUT2D eigenvalue weighted by Gasteiger charge is 2.33. The summed E-state index contributed by atoms with van der Waals surface area (Å²) in [5.74, 6) is 2.96. The van der Waals surface area contributed by atoms with E-state index in [1.54, 1.807) is 14.2 Å². The maximum atomic E-state index is 13.7. The number of methoxy groups -OCH3 is 2. The van der Waals surface area contributed by atoms with Gasteiger partial charge < -0.3 is 24.4 Å². The molecule has 0 unspecified atom stereocenters. The molecule has 7 heteroatoms. The number of rotatable bonds is 13. The van der Waals surface area contributed by atoms with Gasteiger partial charge in [-0.25, -0.2) is 0 Å². The van der Waals surface area contributed by atoms with Gasteiger partial charge in [-0.2, -0.15) is 0 Å². The Morgan fingerprint density at radius 1 is 0.971 bits per heavy atom. The monoisotopic (exact) mass is 502 g/mol. The van der Waals surface area contributed by atoms with Crippen LogP contribution in [0.5, 0.6) is 11.5 Å². The topological polar surface area (TPSA) is 60.0 Å². The summed E-state index contributed by atoms with van der Waals surface area (Å²) in [4.78, 5) is 15.8. The highest BCUT2D eigenvalue weighted by atomic mass is 35.5. The zero-order chi connectivity index (χ0) is 23.8. The van der Waals surface area contributed by atoms with Gasteiger partial charge in [0.1, 0.15) is 0 Å². The second-order valence-corrected chi connectivity index (χ2v) is 9.58. The lowest BCUT2D eigenvalue weighted by Crippen LogP contribution is -2.39. The number of benzene rings is 2. The van der Waals surface area contributed by atoms with Gasteiger partial charge in [-0.3, -0.25) is 4.79 Å². The van der Waals surface area contributed by atoms with Crippen molar-refractivity contribution in [3.05, 3.63) is 59.7 Å². The van der Waals surface area contributed by atoms with E-state index in [0.29, 0.717) is 48.0 Å². The van der Waals surface area contributed by atoms with Crippen LogP contribution in [0.15, 0.2) is 48.5 Å². The maximum absolute atomic E-state index is 13.7. The van der Waals surface area contributed by atoms with Crippen molar-refractivity contribution in [3.8, 4) is 11.5 Å². The van der Waals surface area contributed by atoms with Crippen molar-refractivity contribution in [2.24, 2.45) is 17.8 Å². The van der Waals surface area contributed by atoms with Crippen LogP contribution in [0.3, 0.4) is 0 Å². The summed E-state index contributed by atoms with van der Waals surface area (Å²) in [6.07, 6.45) is 4.27. The van der Waals surface area contributed by atoms with Crippen LogP contribution in [-0.4, -0.2) is 64.4 Å². The summed E-state index contributed by atoms with van der Waals surface area (Å²) in [7, 11) is 3.30. The van der Waals surface area contributed by atoms with E-state index in [1.807, 2.05) is 18.2 Å². The number of amides is 1. The SMILES string of the molecule is COCCCOc1cc(C(=O)N(CC2CC2)C[C@H]2CNC[C@@H]2Cc2ccccc2)ccc1OC.Cl. The van der Waals surface area contributed by atoms with Crippen molar-refractivity contribution in [2.45, 2.75) is 25.7 Å². The Balaban J connectivity index is 0.00000342. The lowest BCUT2D eigenvalue weighted by molar-refractivity contribution is 0.0710. The molecule has 1 heterocycles. The Bertz CT molecular complexity index is 922. The Labute approximate surface area is 215 Å². The van der Waals surface area contributed by atoms with Crippen LogP contribution in [0.2, 0.25) is 0 Å². The molecule has 1 saturated heterocycles. The molecule has 35 heavy (non-hydrogen) atoms. The number of ether oxygens (including phenoxy) is 3. The highest BCUT2D eigenvalue weighted by Crippen LogP contribution is 2.33. The van der Waals surface area contributed by atoms with Crippen LogP contribution < -0.4 is 14.8 Å². The molecule has 2 aromatic rings. The van der Waals surface area contributed by atoms with E-state index in [2.05, 4.69) is 40.5 Å². The molecule has 0 radical (unpaired) electrons. The van der Waals surface area contributed by atoms with Crippen molar-refractivity contribution < 1.29 is 19.0 Å². The highest BCUT2D eigenvalue weighted by molar-refractivity contribution is 5.95. The van der Waals surface area contributed by atoms with E-state index in [-0.39, 0.29) is 18.3 Å². The fourth-order valence-corrected chi connectivity index (χ4v) is 4.78. The standard InChI is InChI=1S/C28H38N2O4.ClH/c1-32-13-6-14-34-27-16-23(11-12-26(27)33-2)28(31)30(19-22-9-10-22)20-25-18-29-17-24(25)15-21-7-4-3-5-8-21;/h3-5,7-8,11-12,16,22,24-25,29H,6,9-10,13-15,17-20H2,1-2H3;1H/t24-,25+;/m0./s1. The lowest BCUT2D eigenvalue weighted by atomic mass is 9.89. The number of carbonyl (C=O) groups is 1. The summed E-state index contributed by atoms with van der Waals surface area (Å²) < 4.78 is 16.5. The van der Waals surface area contributed by atoms with Crippen LogP contribution in [-0.2, 0) is 11.2 Å². The molecule has 2 atom stereocenters. The third-order valence-electron chi connectivity index (χ3n) is 6.90. The lowest BCUT2D eigenvalue weighted by Gasteiger charge is -2.29. The van der Waals surface area contributed by atoms with E-state index in [9.17, 15) is 4.79 Å². The summed E-state index contributed by atoms with van der Waals surface area (Å²) in [6, 6.07) is 16.2. The van der Waals surface area contributed by atoms with Gasteiger partial charge in [0, 0.05) is 38.8 Å². The van der Waals surface area contributed by atoms with Gasteiger partial charge in [-0.1, -0.05) is 30.3 Å². The average Bonchev–Trinajstić information content (AvgIpc) is 3.59. The molecule has 1 saturated carbocycles. The van der Waals surface area contributed by atoms with E-state index in [4.69, 9.17) is 14.2 Å². The molecule has 4 rings (SSSR count). The molecule has 0 spiro atoms. The van der Waals surface area contributed by atoms with Crippen LogP contribution in [0, 0.1) is 17.8 Å². The third-order valence-corrected chi connectivity index (χ3v) is 6.90. The minimum Gasteiger partial charge on any atom is -0.493 e. The molecule has 1 aliphatic heterocycles. The molecule has 6 nitrogen and oxygen atoms in total. The summed E-state index contributed by atoms with van der Waals surface area (Å²) >= 11 is 0. The smallest absolute Gasteiger partial charge is 0.254 e. The van der Waals surface area contributed by atoms with Gasteiger partial charge in [0.25, 0.3) is 5.91 Å². The number of hydrogen-bond donors (Lipinski definition) is 1.